The summed E-state index contributed by atoms with van der Waals surface area (Å²) in [4.78, 5) is 11.0. The molecule has 0 fully saturated rings. The van der Waals surface area contributed by atoms with E-state index in [-0.39, 0.29) is 11.9 Å². The first-order valence-electron chi connectivity index (χ1n) is 3.87. The van der Waals surface area contributed by atoms with Gasteiger partial charge in [0.05, 0.1) is 6.04 Å². The number of amides is 1. The van der Waals surface area contributed by atoms with Gasteiger partial charge in [-0.25, -0.2) is 0 Å². The molecule has 0 rings (SSSR count). The number of nitrogens with two attached hydrogens (primary N) is 1. The minimum atomic E-state index is -0.118. The number of nitrogens with one attached hydrogen (secondary N) is 2. The van der Waals surface area contributed by atoms with Crippen molar-refractivity contribution >= 4 is 5.91 Å². The highest BCUT2D eigenvalue weighted by Gasteiger charge is 2.07. The van der Waals surface area contributed by atoms with Crippen molar-refractivity contribution in [1.29, 1.82) is 0 Å². The predicted molar refractivity (Wildman–Crippen MR) is 45.2 cm³/mol. The van der Waals surface area contributed by atoms with Crippen molar-refractivity contribution in [2.24, 2.45) is 5.73 Å². The second-order valence-electron chi connectivity index (χ2n) is 2.44. The van der Waals surface area contributed by atoms with E-state index in [1.807, 2.05) is 6.92 Å². The summed E-state index contributed by atoms with van der Waals surface area (Å²) in [5.74, 6) is 0.0287. The van der Waals surface area contributed by atoms with Gasteiger partial charge in [-0.05, 0) is 26.9 Å². The Bertz CT molecular complexity index is 116. The quantitative estimate of drug-likeness (QED) is 0.453. The number of rotatable bonds is 5. The van der Waals surface area contributed by atoms with Crippen molar-refractivity contribution in [3.8, 4) is 0 Å². The van der Waals surface area contributed by atoms with Gasteiger partial charge in [-0.2, -0.15) is 0 Å². The molecule has 4 nitrogen and oxygen atoms in total. The Morgan fingerprint density at radius 1 is 1.64 bits per heavy atom. The zero-order valence-corrected chi connectivity index (χ0v) is 7.18. The van der Waals surface area contributed by atoms with E-state index in [2.05, 4.69) is 10.6 Å². The topological polar surface area (TPSA) is 67.2 Å². The average Bonchev–Trinajstić information content (AvgIpc) is 2.03. The molecule has 0 aliphatic heterocycles. The van der Waals surface area contributed by atoms with Gasteiger partial charge >= 0.3 is 0 Å². The lowest BCUT2D eigenvalue weighted by Gasteiger charge is -2.09. The lowest BCUT2D eigenvalue weighted by atomic mass is 10.3. The van der Waals surface area contributed by atoms with Crippen LogP contribution in [0.4, 0.5) is 0 Å². The Morgan fingerprint density at radius 3 is 2.73 bits per heavy atom. The average molecular weight is 159 g/mol. The molecule has 1 amide bonds. The molecule has 1 atom stereocenters. The predicted octanol–water partition coefficient (Wildman–Crippen LogP) is -0.941. The largest absolute Gasteiger partial charge is 0.355 e. The molecule has 0 aromatic rings. The van der Waals surface area contributed by atoms with Gasteiger partial charge in [0.25, 0.3) is 0 Å². The lowest BCUT2D eigenvalue weighted by molar-refractivity contribution is -0.122. The van der Waals surface area contributed by atoms with Crippen LogP contribution in [-0.4, -0.2) is 32.1 Å². The highest BCUT2D eigenvalue weighted by atomic mass is 16.2. The molecule has 11 heavy (non-hydrogen) atoms. The van der Waals surface area contributed by atoms with E-state index in [9.17, 15) is 4.79 Å². The zero-order chi connectivity index (χ0) is 8.69. The molecule has 4 heteroatoms. The molecule has 4 N–H and O–H groups in total. The number of hydrogen-bond donors (Lipinski definition) is 3. The Labute approximate surface area is 67.5 Å². The third-order valence-electron chi connectivity index (χ3n) is 1.51. The summed E-state index contributed by atoms with van der Waals surface area (Å²) in [7, 11) is 1.76. The van der Waals surface area contributed by atoms with Crippen LogP contribution in [0.3, 0.4) is 0 Å². The molecule has 0 aromatic heterocycles. The van der Waals surface area contributed by atoms with Gasteiger partial charge in [0, 0.05) is 6.54 Å². The van der Waals surface area contributed by atoms with Crippen molar-refractivity contribution in [3.63, 3.8) is 0 Å². The number of likely N-dealkylation sites (N-methyl/N-ethyl adjacent to an activating group) is 1. The summed E-state index contributed by atoms with van der Waals surface area (Å²) < 4.78 is 0. The van der Waals surface area contributed by atoms with E-state index in [1.165, 1.54) is 0 Å². The van der Waals surface area contributed by atoms with Crippen molar-refractivity contribution in [3.05, 3.63) is 0 Å². The van der Waals surface area contributed by atoms with E-state index < -0.39 is 0 Å². The molecule has 66 valence electrons. The van der Waals surface area contributed by atoms with Gasteiger partial charge in [-0.15, -0.1) is 0 Å². The van der Waals surface area contributed by atoms with Gasteiger partial charge < -0.3 is 16.4 Å². The van der Waals surface area contributed by atoms with Crippen LogP contribution in [-0.2, 0) is 4.79 Å². The second kappa shape index (κ2) is 6.12. The van der Waals surface area contributed by atoms with Crippen molar-refractivity contribution < 1.29 is 4.79 Å². The molecule has 1 unspecified atom stereocenters. The van der Waals surface area contributed by atoms with E-state index in [0.29, 0.717) is 13.1 Å². The highest BCUT2D eigenvalue weighted by Crippen LogP contribution is 1.79. The molecular weight excluding hydrogens is 142 g/mol. The van der Waals surface area contributed by atoms with E-state index in [1.54, 1.807) is 7.05 Å². The van der Waals surface area contributed by atoms with Crippen LogP contribution < -0.4 is 16.4 Å². The minimum Gasteiger partial charge on any atom is -0.355 e. The molecule has 0 spiro atoms. The molecule has 0 aliphatic carbocycles. The Balaban J connectivity index is 3.36. The van der Waals surface area contributed by atoms with E-state index >= 15 is 0 Å². The molecule has 0 heterocycles. The van der Waals surface area contributed by atoms with E-state index in [0.717, 1.165) is 6.42 Å². The van der Waals surface area contributed by atoms with E-state index in [4.69, 9.17) is 5.73 Å². The first-order chi connectivity index (χ1) is 5.22. The Hall–Kier alpha value is -0.610. The lowest BCUT2D eigenvalue weighted by Crippen LogP contribution is -2.41. The molecule has 0 saturated carbocycles. The molecule has 0 saturated heterocycles. The highest BCUT2D eigenvalue weighted by molar-refractivity contribution is 5.81. The Kier molecular flexibility index (Phi) is 5.78. The third-order valence-corrected chi connectivity index (χ3v) is 1.51. The van der Waals surface area contributed by atoms with Crippen LogP contribution in [0, 0.1) is 0 Å². The monoisotopic (exact) mass is 159 g/mol. The first-order valence-corrected chi connectivity index (χ1v) is 3.87. The Morgan fingerprint density at radius 2 is 2.27 bits per heavy atom. The smallest absolute Gasteiger partial charge is 0.236 e. The van der Waals surface area contributed by atoms with Crippen molar-refractivity contribution in [1.82, 2.24) is 10.6 Å². The maximum absolute atomic E-state index is 11.0. The second-order valence-corrected chi connectivity index (χ2v) is 2.44. The fraction of sp³-hybridized carbons (Fsp3) is 0.857. The van der Waals surface area contributed by atoms with Gasteiger partial charge in [0.2, 0.25) is 5.91 Å². The van der Waals surface area contributed by atoms with Crippen LogP contribution >= 0.6 is 0 Å². The van der Waals surface area contributed by atoms with Crippen LogP contribution in [0.1, 0.15) is 13.3 Å². The fourth-order valence-corrected chi connectivity index (χ4v) is 0.598. The van der Waals surface area contributed by atoms with Gasteiger partial charge in [0.1, 0.15) is 0 Å². The van der Waals surface area contributed by atoms with Gasteiger partial charge in [0.15, 0.2) is 0 Å². The summed E-state index contributed by atoms with van der Waals surface area (Å²) in [5, 5.41) is 5.60. The molecule has 0 radical (unpaired) electrons. The summed E-state index contributed by atoms with van der Waals surface area (Å²) in [5.41, 5.74) is 5.26. The summed E-state index contributed by atoms with van der Waals surface area (Å²) in [6, 6.07) is -0.118. The summed E-state index contributed by atoms with van der Waals surface area (Å²) in [6.07, 6.45) is 0.835. The summed E-state index contributed by atoms with van der Waals surface area (Å²) >= 11 is 0. The standard InChI is InChI=1S/C7H17N3O/c1-6(9-2)7(11)10-5-3-4-8/h6,9H,3-5,8H2,1-2H3,(H,10,11). The number of hydrogen-bond acceptors (Lipinski definition) is 3. The fourth-order valence-electron chi connectivity index (χ4n) is 0.598. The van der Waals surface area contributed by atoms with Crippen LogP contribution in [0.25, 0.3) is 0 Å². The molecular formula is C7H17N3O. The third kappa shape index (κ3) is 4.75. The first kappa shape index (κ1) is 10.4. The van der Waals surface area contributed by atoms with Crippen LogP contribution in [0.5, 0.6) is 0 Å². The van der Waals surface area contributed by atoms with Gasteiger partial charge in [-0.3, -0.25) is 4.79 Å². The van der Waals surface area contributed by atoms with Crippen molar-refractivity contribution in [2.45, 2.75) is 19.4 Å². The minimum absolute atomic E-state index is 0.0287. The van der Waals surface area contributed by atoms with Crippen molar-refractivity contribution in [2.75, 3.05) is 20.1 Å². The zero-order valence-electron chi connectivity index (χ0n) is 7.18. The SMILES string of the molecule is CNC(C)C(=O)NCCCN. The summed E-state index contributed by atoms with van der Waals surface area (Å²) in [6.45, 7) is 3.10. The van der Waals surface area contributed by atoms with Gasteiger partial charge in [-0.1, -0.05) is 0 Å². The molecule has 0 aliphatic rings. The number of carbonyl (C=O) groups is 1. The molecule has 0 bridgehead atoms. The normalized spacial score (nSPS) is 12.6. The molecule has 0 aromatic carbocycles. The number of carbonyl (C=O) groups excluding carboxylic acids is 1. The van der Waals surface area contributed by atoms with Crippen LogP contribution in [0.2, 0.25) is 0 Å². The van der Waals surface area contributed by atoms with Crippen LogP contribution in [0.15, 0.2) is 0 Å². The maximum Gasteiger partial charge on any atom is 0.236 e. The maximum atomic E-state index is 11.0.